The van der Waals surface area contributed by atoms with Gasteiger partial charge in [-0.2, -0.15) is 0 Å². The molecule has 0 amide bonds. The molecule has 0 bridgehead atoms. The molecule has 1 fully saturated rings. The van der Waals surface area contributed by atoms with Gasteiger partial charge in [0.1, 0.15) is 0 Å². The van der Waals surface area contributed by atoms with E-state index in [0.717, 1.165) is 12.5 Å². The van der Waals surface area contributed by atoms with E-state index in [1.54, 1.807) is 0 Å². The van der Waals surface area contributed by atoms with Crippen LogP contribution in [0.2, 0.25) is 0 Å². The Balaban J connectivity index is 2.19. The Morgan fingerprint density at radius 3 is 2.37 bits per heavy atom. The molecule has 2 unspecified atom stereocenters. The zero-order chi connectivity index (χ0) is 14.3. The summed E-state index contributed by atoms with van der Waals surface area (Å²) in [6.07, 6.45) is 5.30. The van der Waals surface area contributed by atoms with Crippen LogP contribution < -0.4 is 5.32 Å². The van der Waals surface area contributed by atoms with Gasteiger partial charge in [0, 0.05) is 25.2 Å². The standard InChI is InChI=1S/C16H35N3/c1-6-7-14(2)17-12-15(3)19-10-8-16(9-11-19)13-18(4)5/h14-17H,6-13H2,1-5H3. The van der Waals surface area contributed by atoms with Crippen molar-refractivity contribution in [3.63, 3.8) is 0 Å². The maximum Gasteiger partial charge on any atom is 0.0192 e. The second kappa shape index (κ2) is 8.93. The van der Waals surface area contributed by atoms with E-state index in [0.29, 0.717) is 12.1 Å². The lowest BCUT2D eigenvalue weighted by Gasteiger charge is -2.37. The molecule has 0 spiro atoms. The molecule has 0 saturated carbocycles. The van der Waals surface area contributed by atoms with E-state index < -0.39 is 0 Å². The van der Waals surface area contributed by atoms with Gasteiger partial charge in [-0.05, 0) is 66.2 Å². The van der Waals surface area contributed by atoms with Crippen molar-refractivity contribution >= 4 is 0 Å². The van der Waals surface area contributed by atoms with E-state index >= 15 is 0 Å². The van der Waals surface area contributed by atoms with Crippen molar-refractivity contribution in [3.8, 4) is 0 Å². The minimum atomic E-state index is 0.665. The summed E-state index contributed by atoms with van der Waals surface area (Å²) in [7, 11) is 4.38. The monoisotopic (exact) mass is 269 g/mol. The highest BCUT2D eigenvalue weighted by atomic mass is 15.2. The summed E-state index contributed by atoms with van der Waals surface area (Å²) in [5.74, 6) is 0.908. The van der Waals surface area contributed by atoms with Crippen LogP contribution in [0.15, 0.2) is 0 Å². The molecule has 0 radical (unpaired) electrons. The van der Waals surface area contributed by atoms with Crippen LogP contribution in [0.4, 0.5) is 0 Å². The average Bonchev–Trinajstić information content (AvgIpc) is 2.36. The molecule has 1 N–H and O–H groups in total. The fourth-order valence-corrected chi connectivity index (χ4v) is 3.13. The predicted octanol–water partition coefficient (Wildman–Crippen LogP) is 2.43. The maximum atomic E-state index is 3.67. The number of rotatable bonds is 8. The summed E-state index contributed by atoms with van der Waals surface area (Å²) in [5.41, 5.74) is 0. The molecular formula is C16H35N3. The van der Waals surface area contributed by atoms with E-state index in [1.165, 1.54) is 45.3 Å². The summed E-state index contributed by atoms with van der Waals surface area (Å²) in [6, 6.07) is 1.35. The smallest absolute Gasteiger partial charge is 0.0192 e. The number of likely N-dealkylation sites (tertiary alicyclic amines) is 1. The predicted molar refractivity (Wildman–Crippen MR) is 84.7 cm³/mol. The number of nitrogens with one attached hydrogen (secondary N) is 1. The Hall–Kier alpha value is -0.120. The van der Waals surface area contributed by atoms with Crippen LogP contribution in [0.1, 0.15) is 46.5 Å². The topological polar surface area (TPSA) is 18.5 Å². The Bertz CT molecular complexity index is 222. The summed E-state index contributed by atoms with van der Waals surface area (Å²) in [4.78, 5) is 5.00. The van der Waals surface area contributed by atoms with Crippen molar-refractivity contribution < 1.29 is 0 Å². The van der Waals surface area contributed by atoms with Gasteiger partial charge in [-0.25, -0.2) is 0 Å². The Morgan fingerprint density at radius 2 is 1.84 bits per heavy atom. The molecular weight excluding hydrogens is 234 g/mol. The molecule has 114 valence electrons. The van der Waals surface area contributed by atoms with E-state index in [-0.39, 0.29) is 0 Å². The lowest BCUT2D eigenvalue weighted by Crippen LogP contribution is -2.47. The first-order valence-electron chi connectivity index (χ1n) is 8.15. The van der Waals surface area contributed by atoms with Gasteiger partial charge in [0.25, 0.3) is 0 Å². The second-order valence-corrected chi connectivity index (χ2v) is 6.69. The third kappa shape index (κ3) is 6.73. The Morgan fingerprint density at radius 1 is 1.21 bits per heavy atom. The minimum absolute atomic E-state index is 0.665. The first kappa shape index (κ1) is 16.9. The molecule has 1 saturated heterocycles. The molecule has 1 rings (SSSR count). The van der Waals surface area contributed by atoms with E-state index in [4.69, 9.17) is 0 Å². The zero-order valence-corrected chi connectivity index (χ0v) is 13.8. The van der Waals surface area contributed by atoms with Crippen molar-refractivity contribution in [1.29, 1.82) is 0 Å². The van der Waals surface area contributed by atoms with Crippen molar-refractivity contribution in [3.05, 3.63) is 0 Å². The third-order valence-electron chi connectivity index (χ3n) is 4.38. The average molecular weight is 269 g/mol. The van der Waals surface area contributed by atoms with Crippen LogP contribution in [-0.4, -0.2) is 62.2 Å². The molecule has 0 aromatic carbocycles. The molecule has 3 nitrogen and oxygen atoms in total. The summed E-state index contributed by atoms with van der Waals surface area (Å²) in [6.45, 7) is 11.9. The van der Waals surface area contributed by atoms with Crippen LogP contribution in [0.3, 0.4) is 0 Å². The quantitative estimate of drug-likeness (QED) is 0.730. The molecule has 1 heterocycles. The highest BCUT2D eigenvalue weighted by molar-refractivity contribution is 4.79. The largest absolute Gasteiger partial charge is 0.313 e. The van der Waals surface area contributed by atoms with Gasteiger partial charge in [-0.1, -0.05) is 13.3 Å². The summed E-state index contributed by atoms with van der Waals surface area (Å²) >= 11 is 0. The van der Waals surface area contributed by atoms with Crippen LogP contribution in [0.5, 0.6) is 0 Å². The molecule has 2 atom stereocenters. The van der Waals surface area contributed by atoms with Gasteiger partial charge in [-0.3, -0.25) is 4.90 Å². The van der Waals surface area contributed by atoms with E-state index in [9.17, 15) is 0 Å². The maximum absolute atomic E-state index is 3.67. The lowest BCUT2D eigenvalue weighted by molar-refractivity contribution is 0.124. The van der Waals surface area contributed by atoms with Crippen molar-refractivity contribution in [2.45, 2.75) is 58.5 Å². The third-order valence-corrected chi connectivity index (χ3v) is 4.38. The molecule has 1 aliphatic heterocycles. The highest BCUT2D eigenvalue weighted by Crippen LogP contribution is 2.19. The summed E-state index contributed by atoms with van der Waals surface area (Å²) < 4.78 is 0. The normalized spacial score (nSPS) is 21.8. The number of hydrogen-bond acceptors (Lipinski definition) is 3. The molecule has 1 aliphatic rings. The second-order valence-electron chi connectivity index (χ2n) is 6.69. The number of nitrogens with zero attached hydrogens (tertiary/aromatic N) is 2. The first-order chi connectivity index (χ1) is 9.02. The van der Waals surface area contributed by atoms with Gasteiger partial charge >= 0.3 is 0 Å². The van der Waals surface area contributed by atoms with Gasteiger partial charge in [0.15, 0.2) is 0 Å². The van der Waals surface area contributed by atoms with Crippen LogP contribution in [-0.2, 0) is 0 Å². The minimum Gasteiger partial charge on any atom is -0.313 e. The highest BCUT2D eigenvalue weighted by Gasteiger charge is 2.22. The van der Waals surface area contributed by atoms with E-state index in [2.05, 4.69) is 50.0 Å². The van der Waals surface area contributed by atoms with E-state index in [1.807, 2.05) is 0 Å². The fourth-order valence-electron chi connectivity index (χ4n) is 3.13. The van der Waals surface area contributed by atoms with Crippen LogP contribution >= 0.6 is 0 Å². The van der Waals surface area contributed by atoms with Crippen molar-refractivity contribution in [2.24, 2.45) is 5.92 Å². The van der Waals surface area contributed by atoms with Crippen LogP contribution in [0.25, 0.3) is 0 Å². The summed E-state index contributed by atoms with van der Waals surface area (Å²) in [5, 5.41) is 3.67. The zero-order valence-electron chi connectivity index (χ0n) is 13.8. The Labute approximate surface area is 120 Å². The number of hydrogen-bond donors (Lipinski definition) is 1. The van der Waals surface area contributed by atoms with Gasteiger partial charge in [-0.15, -0.1) is 0 Å². The molecule has 0 aliphatic carbocycles. The molecule has 19 heavy (non-hydrogen) atoms. The molecule has 3 heteroatoms. The SMILES string of the molecule is CCCC(C)NCC(C)N1CCC(CN(C)C)CC1. The number of piperidine rings is 1. The Kier molecular flexibility index (Phi) is 7.96. The van der Waals surface area contributed by atoms with Gasteiger partial charge in [0.2, 0.25) is 0 Å². The van der Waals surface area contributed by atoms with Crippen molar-refractivity contribution in [2.75, 3.05) is 40.3 Å². The van der Waals surface area contributed by atoms with Gasteiger partial charge in [0.05, 0.1) is 0 Å². The van der Waals surface area contributed by atoms with Gasteiger partial charge < -0.3 is 10.2 Å². The molecule has 0 aromatic heterocycles. The van der Waals surface area contributed by atoms with Crippen molar-refractivity contribution in [1.82, 2.24) is 15.1 Å². The lowest BCUT2D eigenvalue weighted by atomic mass is 9.95. The molecule has 0 aromatic rings. The van der Waals surface area contributed by atoms with Crippen LogP contribution in [0, 0.1) is 5.92 Å². The first-order valence-corrected chi connectivity index (χ1v) is 8.15. The fraction of sp³-hybridized carbons (Fsp3) is 1.00.